The molecule has 1 aliphatic rings. The molecule has 0 aliphatic carbocycles. The summed E-state index contributed by atoms with van der Waals surface area (Å²) in [5, 5.41) is 10.8. The van der Waals surface area contributed by atoms with E-state index in [2.05, 4.69) is 15.1 Å². The molecular formula is C28H35N5O4S. The first-order valence-electron chi connectivity index (χ1n) is 12.9. The molecular weight excluding hydrogens is 502 g/mol. The molecule has 4 rings (SSSR count). The van der Waals surface area contributed by atoms with E-state index in [1.54, 1.807) is 19.1 Å². The van der Waals surface area contributed by atoms with Crippen molar-refractivity contribution in [3.63, 3.8) is 0 Å². The van der Waals surface area contributed by atoms with Gasteiger partial charge in [0.1, 0.15) is 6.54 Å². The number of hydrogen-bond acceptors (Lipinski definition) is 8. The van der Waals surface area contributed by atoms with Crippen LogP contribution < -0.4 is 14.4 Å². The lowest BCUT2D eigenvalue weighted by Gasteiger charge is -2.30. The maximum Gasteiger partial charge on any atom is 0.264 e. The number of carbonyl (C=O) groups is 2. The Morgan fingerprint density at radius 3 is 2.50 bits per heavy atom. The van der Waals surface area contributed by atoms with Gasteiger partial charge in [0.25, 0.3) is 5.91 Å². The second kappa shape index (κ2) is 12.7. The summed E-state index contributed by atoms with van der Waals surface area (Å²) in [6, 6.07) is 13.2. The maximum atomic E-state index is 13.3. The Kier molecular flexibility index (Phi) is 9.17. The number of amides is 2. The number of ether oxygens (including phenoxy) is 2. The lowest BCUT2D eigenvalue weighted by molar-refractivity contribution is -0.132. The Labute approximate surface area is 228 Å². The Balaban J connectivity index is 1.39. The highest BCUT2D eigenvalue weighted by Gasteiger charge is 2.27. The van der Waals surface area contributed by atoms with Crippen LogP contribution >= 0.6 is 11.3 Å². The quantitative estimate of drug-likeness (QED) is 0.404. The Hall–Kier alpha value is -3.66. The number of carbonyl (C=O) groups excluding carboxylic acids is 2. The second-order valence-electron chi connectivity index (χ2n) is 9.24. The van der Waals surface area contributed by atoms with Crippen molar-refractivity contribution in [2.45, 2.75) is 32.7 Å². The highest BCUT2D eigenvalue weighted by Crippen LogP contribution is 2.31. The van der Waals surface area contributed by atoms with Crippen LogP contribution in [0, 0.1) is 0 Å². The fourth-order valence-electron chi connectivity index (χ4n) is 4.48. The first-order valence-corrected chi connectivity index (χ1v) is 13.8. The van der Waals surface area contributed by atoms with E-state index in [0.29, 0.717) is 36.0 Å². The van der Waals surface area contributed by atoms with E-state index < -0.39 is 0 Å². The summed E-state index contributed by atoms with van der Waals surface area (Å²) in [6.45, 7) is 6.76. The zero-order valence-electron chi connectivity index (χ0n) is 22.4. The normalized spacial score (nSPS) is 14.5. The average molecular weight is 538 g/mol. The fraction of sp³-hybridized carbons (Fsp3) is 0.429. The lowest BCUT2D eigenvalue weighted by atomic mass is 10.1. The van der Waals surface area contributed by atoms with Crippen LogP contribution in [0.15, 0.2) is 47.8 Å². The predicted octanol–water partition coefficient (Wildman–Crippen LogP) is 4.20. The van der Waals surface area contributed by atoms with E-state index in [0.717, 1.165) is 36.5 Å². The van der Waals surface area contributed by atoms with Gasteiger partial charge in [0.05, 0.1) is 24.8 Å². The monoisotopic (exact) mass is 537 g/mol. The standard InChI is InChI=1S/C28H35N5O4S/c1-5-20(2)33(28(35)25-8-6-17-38-25)19-27(34)32-14-7-13-31(15-16-32)26-12-10-22(29-30-26)21-9-11-23(36-3)24(18-21)37-4/h6,8-12,17-18,20H,5,7,13-16,19H2,1-4H3/t20-/m0/s1. The first-order chi connectivity index (χ1) is 18.4. The molecule has 9 nitrogen and oxygen atoms in total. The molecule has 0 spiro atoms. The Morgan fingerprint density at radius 2 is 1.84 bits per heavy atom. The number of nitrogens with zero attached hydrogens (tertiary/aromatic N) is 5. The largest absolute Gasteiger partial charge is 0.493 e. The summed E-state index contributed by atoms with van der Waals surface area (Å²) in [7, 11) is 3.21. The molecule has 1 aliphatic heterocycles. The molecule has 2 amide bonds. The number of benzene rings is 1. The van der Waals surface area contributed by atoms with Crippen molar-refractivity contribution in [2.24, 2.45) is 0 Å². The van der Waals surface area contributed by atoms with Crippen molar-refractivity contribution < 1.29 is 19.1 Å². The van der Waals surface area contributed by atoms with Crippen LogP contribution in [0.2, 0.25) is 0 Å². The highest BCUT2D eigenvalue weighted by molar-refractivity contribution is 7.12. The lowest BCUT2D eigenvalue weighted by Crippen LogP contribution is -2.47. The van der Waals surface area contributed by atoms with Crippen LogP contribution in [0.3, 0.4) is 0 Å². The minimum atomic E-state index is -0.0796. The van der Waals surface area contributed by atoms with Gasteiger partial charge in [-0.05, 0) is 61.5 Å². The predicted molar refractivity (Wildman–Crippen MR) is 149 cm³/mol. The molecule has 1 aromatic carbocycles. The van der Waals surface area contributed by atoms with Crippen molar-refractivity contribution in [3.8, 4) is 22.8 Å². The average Bonchev–Trinajstić information content (AvgIpc) is 3.39. The number of methoxy groups -OCH3 is 2. The first kappa shape index (κ1) is 27.4. The molecule has 3 heterocycles. The summed E-state index contributed by atoms with van der Waals surface area (Å²) in [4.78, 5) is 32.7. The van der Waals surface area contributed by atoms with Gasteiger partial charge < -0.3 is 24.2 Å². The van der Waals surface area contributed by atoms with E-state index in [-0.39, 0.29) is 24.4 Å². The van der Waals surface area contributed by atoms with Crippen LogP contribution in [-0.4, -0.2) is 84.8 Å². The summed E-state index contributed by atoms with van der Waals surface area (Å²) < 4.78 is 10.7. The van der Waals surface area contributed by atoms with Crippen molar-refractivity contribution in [1.29, 1.82) is 0 Å². The molecule has 38 heavy (non-hydrogen) atoms. The van der Waals surface area contributed by atoms with Crippen LogP contribution in [0.5, 0.6) is 11.5 Å². The SMILES string of the molecule is CC[C@H](C)N(CC(=O)N1CCCN(c2ccc(-c3ccc(OC)c(OC)c3)nn2)CC1)C(=O)c1cccs1. The number of hydrogen-bond donors (Lipinski definition) is 0. The van der Waals surface area contributed by atoms with Crippen molar-refractivity contribution in [3.05, 3.63) is 52.7 Å². The van der Waals surface area contributed by atoms with Gasteiger partial charge in [-0.3, -0.25) is 9.59 Å². The van der Waals surface area contributed by atoms with Crippen LogP contribution in [0.1, 0.15) is 36.4 Å². The number of rotatable bonds is 9. The molecule has 1 saturated heterocycles. The Morgan fingerprint density at radius 1 is 1.03 bits per heavy atom. The van der Waals surface area contributed by atoms with E-state index in [9.17, 15) is 9.59 Å². The van der Waals surface area contributed by atoms with Gasteiger partial charge in [0.2, 0.25) is 5.91 Å². The topological polar surface area (TPSA) is 88.1 Å². The van der Waals surface area contributed by atoms with Crippen LogP contribution in [0.25, 0.3) is 11.3 Å². The van der Waals surface area contributed by atoms with Crippen LogP contribution in [0.4, 0.5) is 5.82 Å². The zero-order valence-corrected chi connectivity index (χ0v) is 23.2. The minimum Gasteiger partial charge on any atom is -0.493 e. The van der Waals surface area contributed by atoms with Crippen LogP contribution in [-0.2, 0) is 4.79 Å². The molecule has 0 saturated carbocycles. The van der Waals surface area contributed by atoms with Gasteiger partial charge >= 0.3 is 0 Å². The third-order valence-electron chi connectivity index (χ3n) is 6.92. The van der Waals surface area contributed by atoms with E-state index in [4.69, 9.17) is 9.47 Å². The number of thiophene rings is 1. The molecule has 0 unspecified atom stereocenters. The molecule has 0 bridgehead atoms. The molecule has 202 valence electrons. The zero-order chi connectivity index (χ0) is 27.1. The van der Waals surface area contributed by atoms with Crippen molar-refractivity contribution >= 4 is 29.0 Å². The highest BCUT2D eigenvalue weighted by atomic mass is 32.1. The summed E-state index contributed by atoms with van der Waals surface area (Å²) in [6.07, 6.45) is 1.60. The van der Waals surface area contributed by atoms with Gasteiger partial charge in [-0.1, -0.05) is 13.0 Å². The van der Waals surface area contributed by atoms with E-state index >= 15 is 0 Å². The summed E-state index contributed by atoms with van der Waals surface area (Å²) in [5.41, 5.74) is 1.62. The summed E-state index contributed by atoms with van der Waals surface area (Å²) >= 11 is 1.41. The molecule has 2 aromatic heterocycles. The van der Waals surface area contributed by atoms with Gasteiger partial charge in [-0.15, -0.1) is 21.5 Å². The summed E-state index contributed by atoms with van der Waals surface area (Å²) in [5.74, 6) is 1.97. The maximum absolute atomic E-state index is 13.3. The van der Waals surface area contributed by atoms with Crippen molar-refractivity contribution in [1.82, 2.24) is 20.0 Å². The van der Waals surface area contributed by atoms with E-state index in [1.807, 2.05) is 66.6 Å². The smallest absolute Gasteiger partial charge is 0.264 e. The van der Waals surface area contributed by atoms with Crippen molar-refractivity contribution in [2.75, 3.05) is 51.8 Å². The minimum absolute atomic E-state index is 0.0171. The Bertz CT molecular complexity index is 1220. The number of aromatic nitrogens is 2. The molecule has 0 N–H and O–H groups in total. The molecule has 1 atom stereocenters. The fourth-order valence-corrected chi connectivity index (χ4v) is 5.15. The third kappa shape index (κ3) is 6.24. The van der Waals surface area contributed by atoms with Gasteiger partial charge in [-0.2, -0.15) is 0 Å². The second-order valence-corrected chi connectivity index (χ2v) is 10.2. The third-order valence-corrected chi connectivity index (χ3v) is 7.78. The number of anilines is 1. The van der Waals surface area contributed by atoms with E-state index in [1.165, 1.54) is 11.3 Å². The molecule has 3 aromatic rings. The van der Waals surface area contributed by atoms with Gasteiger partial charge in [-0.25, -0.2) is 0 Å². The molecule has 0 radical (unpaired) electrons. The molecule has 10 heteroatoms. The molecule has 1 fully saturated rings. The van der Waals surface area contributed by atoms with Gasteiger partial charge in [0.15, 0.2) is 17.3 Å². The van der Waals surface area contributed by atoms with Gasteiger partial charge in [0, 0.05) is 37.8 Å².